The molecule has 1 aromatic rings. The number of rotatable bonds is 48. The summed E-state index contributed by atoms with van der Waals surface area (Å²) in [5.74, 6) is 1.48. The standard InChI is InChI=1S/C54H101NO4/c1-4-6-8-10-12-14-16-18-20-22-24-26-28-30-32-34-36-38-40-42-46-58-52-45-44-51(49-55-50-54(56)57-3)53(48-52)59-47-43-41-39-37-35-33-31-29-27-25-23-21-19-17-15-13-11-9-7-5-2/h44-45,48,55H,4-43,46-47,49-50H2,1-3H3. The number of methoxy groups -OCH3 is 1. The quantitative estimate of drug-likeness (QED) is 0.0524. The van der Waals surface area contributed by atoms with Gasteiger partial charge in [-0.15, -0.1) is 0 Å². The molecular formula is C54H101NO4. The van der Waals surface area contributed by atoms with Crippen LogP contribution in [-0.2, 0) is 16.1 Å². The Hall–Kier alpha value is -1.75. The largest absolute Gasteiger partial charge is 0.493 e. The average molecular weight is 828 g/mol. The van der Waals surface area contributed by atoms with Gasteiger partial charge in [-0.3, -0.25) is 4.79 Å². The first-order valence-electron chi connectivity index (χ1n) is 26.4. The van der Waals surface area contributed by atoms with Gasteiger partial charge in [0, 0.05) is 18.2 Å². The van der Waals surface area contributed by atoms with Gasteiger partial charge in [0.2, 0.25) is 0 Å². The Labute approximate surface area is 368 Å². The lowest BCUT2D eigenvalue weighted by Gasteiger charge is -2.15. The molecule has 0 aliphatic heterocycles. The third kappa shape index (κ3) is 38.9. The lowest BCUT2D eigenvalue weighted by Crippen LogP contribution is -2.23. The molecule has 1 aromatic carbocycles. The van der Waals surface area contributed by atoms with Crippen molar-refractivity contribution >= 4 is 5.97 Å². The maximum absolute atomic E-state index is 11.6. The number of carbonyl (C=O) groups excluding carboxylic acids is 1. The number of unbranched alkanes of at least 4 members (excludes halogenated alkanes) is 38. The minimum Gasteiger partial charge on any atom is -0.493 e. The van der Waals surface area contributed by atoms with Crippen LogP contribution >= 0.6 is 0 Å². The molecule has 59 heavy (non-hydrogen) atoms. The molecule has 0 aliphatic carbocycles. The Morgan fingerprint density at radius 3 is 1.05 bits per heavy atom. The fourth-order valence-electron chi connectivity index (χ4n) is 8.36. The topological polar surface area (TPSA) is 56.8 Å². The van der Waals surface area contributed by atoms with E-state index in [1.807, 2.05) is 12.1 Å². The first-order valence-corrected chi connectivity index (χ1v) is 26.4. The van der Waals surface area contributed by atoms with Crippen molar-refractivity contribution in [1.82, 2.24) is 5.32 Å². The highest BCUT2D eigenvalue weighted by molar-refractivity contribution is 5.71. The third-order valence-electron chi connectivity index (χ3n) is 12.4. The zero-order valence-corrected chi connectivity index (χ0v) is 40.0. The van der Waals surface area contributed by atoms with E-state index in [0.717, 1.165) is 36.5 Å². The van der Waals surface area contributed by atoms with E-state index in [0.29, 0.717) is 13.2 Å². The van der Waals surface area contributed by atoms with Crippen molar-refractivity contribution in [3.8, 4) is 11.5 Å². The maximum atomic E-state index is 11.6. The van der Waals surface area contributed by atoms with E-state index in [-0.39, 0.29) is 12.5 Å². The molecular weight excluding hydrogens is 727 g/mol. The van der Waals surface area contributed by atoms with E-state index in [2.05, 4.69) is 25.2 Å². The molecule has 346 valence electrons. The van der Waals surface area contributed by atoms with E-state index >= 15 is 0 Å². The Morgan fingerprint density at radius 1 is 0.424 bits per heavy atom. The van der Waals surface area contributed by atoms with Crippen molar-refractivity contribution in [2.24, 2.45) is 0 Å². The van der Waals surface area contributed by atoms with Crippen molar-refractivity contribution < 1.29 is 19.0 Å². The molecule has 0 amide bonds. The summed E-state index contributed by atoms with van der Waals surface area (Å²) in [6, 6.07) is 6.15. The van der Waals surface area contributed by atoms with E-state index in [1.165, 1.54) is 251 Å². The second kappa shape index (κ2) is 45.8. The number of benzene rings is 1. The van der Waals surface area contributed by atoms with Gasteiger partial charge in [0.05, 0.1) is 26.9 Å². The molecule has 0 spiro atoms. The Morgan fingerprint density at radius 2 is 0.729 bits per heavy atom. The molecule has 0 aromatic heterocycles. The normalized spacial score (nSPS) is 11.4. The predicted octanol–water partition coefficient (Wildman–Crippen LogP) is 17.4. The van der Waals surface area contributed by atoms with E-state index in [9.17, 15) is 4.79 Å². The summed E-state index contributed by atoms with van der Waals surface area (Å²) in [4.78, 5) is 11.6. The van der Waals surface area contributed by atoms with Crippen molar-refractivity contribution in [2.75, 3.05) is 26.9 Å². The molecule has 0 fully saturated rings. The van der Waals surface area contributed by atoms with Crippen LogP contribution in [0.2, 0.25) is 0 Å². The number of nitrogens with one attached hydrogen (secondary N) is 1. The van der Waals surface area contributed by atoms with Crippen LogP contribution in [-0.4, -0.2) is 32.8 Å². The van der Waals surface area contributed by atoms with Gasteiger partial charge in [-0.2, -0.15) is 0 Å². The van der Waals surface area contributed by atoms with Crippen molar-refractivity contribution in [2.45, 2.75) is 277 Å². The van der Waals surface area contributed by atoms with Gasteiger partial charge in [-0.05, 0) is 18.9 Å². The van der Waals surface area contributed by atoms with Gasteiger partial charge in [0.25, 0.3) is 0 Å². The van der Waals surface area contributed by atoms with Crippen molar-refractivity contribution in [1.29, 1.82) is 0 Å². The molecule has 1 rings (SSSR count). The fourth-order valence-corrected chi connectivity index (χ4v) is 8.36. The summed E-state index contributed by atoms with van der Waals surface area (Å²) in [7, 11) is 1.42. The predicted molar refractivity (Wildman–Crippen MR) is 257 cm³/mol. The van der Waals surface area contributed by atoms with E-state index in [1.54, 1.807) is 0 Å². The number of carbonyl (C=O) groups is 1. The minimum atomic E-state index is -0.258. The number of hydrogen-bond acceptors (Lipinski definition) is 5. The number of ether oxygens (including phenoxy) is 3. The Balaban J connectivity index is 2.08. The van der Waals surface area contributed by atoms with Crippen LogP contribution in [0.4, 0.5) is 0 Å². The molecule has 0 aliphatic rings. The first kappa shape index (κ1) is 55.3. The third-order valence-corrected chi connectivity index (χ3v) is 12.4. The highest BCUT2D eigenvalue weighted by Gasteiger charge is 2.09. The van der Waals surface area contributed by atoms with Crippen LogP contribution in [0, 0.1) is 0 Å². The second-order valence-corrected chi connectivity index (χ2v) is 18.1. The molecule has 0 unspecified atom stereocenters. The first-order chi connectivity index (χ1) is 29.2. The second-order valence-electron chi connectivity index (χ2n) is 18.1. The van der Waals surface area contributed by atoms with Gasteiger partial charge in [-0.1, -0.05) is 264 Å². The average Bonchev–Trinajstić information content (AvgIpc) is 3.25. The van der Waals surface area contributed by atoms with Crippen LogP contribution in [0.15, 0.2) is 18.2 Å². The monoisotopic (exact) mass is 828 g/mol. The molecule has 1 N–H and O–H groups in total. The highest BCUT2D eigenvalue weighted by Crippen LogP contribution is 2.26. The van der Waals surface area contributed by atoms with Crippen LogP contribution in [0.3, 0.4) is 0 Å². The summed E-state index contributed by atoms with van der Waals surface area (Å²) >= 11 is 0. The molecule has 0 heterocycles. The molecule has 0 radical (unpaired) electrons. The van der Waals surface area contributed by atoms with Crippen molar-refractivity contribution in [3.05, 3.63) is 23.8 Å². The molecule has 0 atom stereocenters. The van der Waals surface area contributed by atoms with Crippen LogP contribution in [0.1, 0.15) is 276 Å². The minimum absolute atomic E-state index is 0.187. The summed E-state index contributed by atoms with van der Waals surface area (Å²) in [6.07, 6.45) is 55.6. The van der Waals surface area contributed by atoms with Gasteiger partial charge >= 0.3 is 5.97 Å². The summed E-state index contributed by atoms with van der Waals surface area (Å²) in [5.41, 5.74) is 1.05. The summed E-state index contributed by atoms with van der Waals surface area (Å²) < 4.78 is 17.3. The van der Waals surface area contributed by atoms with Crippen LogP contribution in [0.5, 0.6) is 11.5 Å². The van der Waals surface area contributed by atoms with Gasteiger partial charge < -0.3 is 19.5 Å². The molecule has 0 saturated heterocycles. The lowest BCUT2D eigenvalue weighted by molar-refractivity contribution is -0.139. The zero-order valence-electron chi connectivity index (χ0n) is 40.0. The molecule has 0 saturated carbocycles. The number of esters is 1. The number of hydrogen-bond donors (Lipinski definition) is 1. The van der Waals surface area contributed by atoms with Crippen LogP contribution in [0.25, 0.3) is 0 Å². The molecule has 5 heteroatoms. The lowest BCUT2D eigenvalue weighted by atomic mass is 10.0. The van der Waals surface area contributed by atoms with Gasteiger partial charge in [-0.25, -0.2) is 0 Å². The van der Waals surface area contributed by atoms with Crippen molar-refractivity contribution in [3.63, 3.8) is 0 Å². The summed E-state index contributed by atoms with van der Waals surface area (Å²) in [6.45, 7) is 6.81. The molecule has 5 nitrogen and oxygen atoms in total. The van der Waals surface area contributed by atoms with E-state index < -0.39 is 0 Å². The summed E-state index contributed by atoms with van der Waals surface area (Å²) in [5, 5.41) is 3.19. The SMILES string of the molecule is CCCCCCCCCCCCCCCCCCCCCCOc1ccc(CNCC(=O)OC)c(OCCCCCCCCCCCCCCCCCCCCCC)c1. The fraction of sp³-hybridized carbons (Fsp3) is 0.870. The van der Waals surface area contributed by atoms with Gasteiger partial charge in [0.1, 0.15) is 11.5 Å². The van der Waals surface area contributed by atoms with Crippen LogP contribution < -0.4 is 14.8 Å². The van der Waals surface area contributed by atoms with E-state index in [4.69, 9.17) is 14.2 Å². The van der Waals surface area contributed by atoms with Gasteiger partial charge in [0.15, 0.2) is 0 Å². The zero-order chi connectivity index (χ0) is 42.4. The smallest absolute Gasteiger partial charge is 0.319 e. The highest BCUT2D eigenvalue weighted by atomic mass is 16.5. The Kier molecular flexibility index (Phi) is 42.9. The maximum Gasteiger partial charge on any atom is 0.319 e. The molecule has 0 bridgehead atoms. The Bertz CT molecular complexity index is 999.